The van der Waals surface area contributed by atoms with Gasteiger partial charge >= 0.3 is 0 Å². The molecule has 0 spiro atoms. The van der Waals surface area contributed by atoms with Crippen molar-refractivity contribution in [3.05, 3.63) is 0 Å². The van der Waals surface area contributed by atoms with Crippen molar-refractivity contribution in [3.8, 4) is 11.8 Å². The molecule has 82 valence electrons. The average Bonchev–Trinajstić information content (AvgIpc) is 2.11. The number of hydrogen-bond acceptors (Lipinski definition) is 1. The molecule has 0 saturated carbocycles. The molecule has 0 aromatic carbocycles. The lowest BCUT2D eigenvalue weighted by molar-refractivity contribution is -0.916. The van der Waals surface area contributed by atoms with Gasteiger partial charge in [0.25, 0.3) is 0 Å². The Hall–Kier alpha value is -0.520. The van der Waals surface area contributed by atoms with Gasteiger partial charge in [-0.1, -0.05) is 5.92 Å². The van der Waals surface area contributed by atoms with Crippen molar-refractivity contribution in [2.24, 2.45) is 0 Å². The van der Waals surface area contributed by atoms with Crippen LogP contribution in [-0.4, -0.2) is 41.4 Å². The highest BCUT2D eigenvalue weighted by Gasteiger charge is 2.18. The molecule has 0 amide bonds. The number of hydrogen-bond donors (Lipinski definition) is 1. The quantitative estimate of drug-likeness (QED) is 0.538. The first-order valence-electron chi connectivity index (χ1n) is 5.46. The Balaban J connectivity index is 4.38. The van der Waals surface area contributed by atoms with Crippen molar-refractivity contribution in [1.29, 1.82) is 0 Å². The van der Waals surface area contributed by atoms with Crippen LogP contribution < -0.4 is 0 Å². The zero-order valence-electron chi connectivity index (χ0n) is 10.2. The van der Waals surface area contributed by atoms with E-state index in [0.29, 0.717) is 0 Å². The van der Waals surface area contributed by atoms with Gasteiger partial charge < -0.3 is 9.59 Å². The third kappa shape index (κ3) is 4.64. The molecular weight excluding hydrogens is 174 g/mol. The second-order valence-corrected chi connectivity index (χ2v) is 4.31. The van der Waals surface area contributed by atoms with Crippen LogP contribution in [0.25, 0.3) is 0 Å². The molecule has 0 aromatic rings. The molecule has 0 atom stereocenters. The first kappa shape index (κ1) is 13.5. The Bertz CT molecular complexity index is 204. The SMILES string of the molecule is CC[N+](CC)(CC)CC#CC(C)(C)O. The van der Waals surface area contributed by atoms with E-state index >= 15 is 0 Å². The van der Waals surface area contributed by atoms with Crippen LogP contribution in [0, 0.1) is 11.8 Å². The Morgan fingerprint density at radius 1 is 1.07 bits per heavy atom. The Kier molecular flexibility index (Phi) is 5.18. The maximum absolute atomic E-state index is 9.45. The van der Waals surface area contributed by atoms with Crippen LogP contribution in [0.5, 0.6) is 0 Å². The number of quaternary nitrogens is 1. The highest BCUT2D eigenvalue weighted by Crippen LogP contribution is 2.05. The molecule has 0 fully saturated rings. The summed E-state index contributed by atoms with van der Waals surface area (Å²) >= 11 is 0. The van der Waals surface area contributed by atoms with Crippen LogP contribution in [0.3, 0.4) is 0 Å². The Labute approximate surface area is 88.5 Å². The van der Waals surface area contributed by atoms with Gasteiger partial charge in [0.05, 0.1) is 19.6 Å². The van der Waals surface area contributed by atoms with Crippen molar-refractivity contribution in [1.82, 2.24) is 0 Å². The molecule has 0 heterocycles. The lowest BCUT2D eigenvalue weighted by Gasteiger charge is -2.33. The smallest absolute Gasteiger partial charge is 0.141 e. The molecule has 0 bridgehead atoms. The van der Waals surface area contributed by atoms with Crippen LogP contribution in [-0.2, 0) is 0 Å². The molecule has 0 unspecified atom stereocenters. The lowest BCUT2D eigenvalue weighted by Crippen LogP contribution is -2.47. The van der Waals surface area contributed by atoms with Crippen LogP contribution in [0.2, 0.25) is 0 Å². The molecular formula is C12H24NO+. The summed E-state index contributed by atoms with van der Waals surface area (Å²) in [6, 6.07) is 0. The zero-order valence-corrected chi connectivity index (χ0v) is 10.2. The second-order valence-electron chi connectivity index (χ2n) is 4.31. The van der Waals surface area contributed by atoms with Crippen molar-refractivity contribution >= 4 is 0 Å². The third-order valence-corrected chi connectivity index (χ3v) is 2.82. The van der Waals surface area contributed by atoms with Gasteiger partial charge in [0.1, 0.15) is 12.1 Å². The summed E-state index contributed by atoms with van der Waals surface area (Å²) in [4.78, 5) is 0. The molecule has 0 saturated heterocycles. The molecule has 14 heavy (non-hydrogen) atoms. The fraction of sp³-hybridized carbons (Fsp3) is 0.833. The summed E-state index contributed by atoms with van der Waals surface area (Å²) in [7, 11) is 0. The summed E-state index contributed by atoms with van der Waals surface area (Å²) in [5, 5.41) is 9.45. The highest BCUT2D eigenvalue weighted by atomic mass is 16.3. The summed E-state index contributed by atoms with van der Waals surface area (Å²) in [5.74, 6) is 5.96. The van der Waals surface area contributed by atoms with Crippen molar-refractivity contribution < 1.29 is 9.59 Å². The van der Waals surface area contributed by atoms with E-state index < -0.39 is 5.60 Å². The highest BCUT2D eigenvalue weighted by molar-refractivity contribution is 5.10. The molecule has 0 aromatic heterocycles. The monoisotopic (exact) mass is 198 g/mol. The standard InChI is InChI=1S/C12H24NO/c1-6-13(7-2,8-3)11-9-10-12(4,5)14/h14H,6-8,11H2,1-5H3/q+1. The van der Waals surface area contributed by atoms with E-state index in [4.69, 9.17) is 0 Å². The van der Waals surface area contributed by atoms with E-state index in [-0.39, 0.29) is 0 Å². The zero-order chi connectivity index (χ0) is 11.2. The number of aliphatic hydroxyl groups is 1. The molecule has 0 aliphatic rings. The Morgan fingerprint density at radius 2 is 1.50 bits per heavy atom. The molecule has 2 heteroatoms. The van der Waals surface area contributed by atoms with E-state index in [1.54, 1.807) is 13.8 Å². The average molecular weight is 198 g/mol. The second kappa shape index (κ2) is 5.38. The summed E-state index contributed by atoms with van der Waals surface area (Å²) in [6.07, 6.45) is 0. The molecule has 2 nitrogen and oxygen atoms in total. The van der Waals surface area contributed by atoms with E-state index in [2.05, 4.69) is 32.6 Å². The molecule has 0 rings (SSSR count). The van der Waals surface area contributed by atoms with Crippen molar-refractivity contribution in [2.45, 2.75) is 40.2 Å². The van der Waals surface area contributed by atoms with Gasteiger partial charge in [-0.25, -0.2) is 0 Å². The minimum Gasteiger partial charge on any atom is -0.378 e. The summed E-state index contributed by atoms with van der Waals surface area (Å²) in [6.45, 7) is 14.2. The van der Waals surface area contributed by atoms with Crippen molar-refractivity contribution in [2.75, 3.05) is 26.2 Å². The first-order valence-corrected chi connectivity index (χ1v) is 5.46. The lowest BCUT2D eigenvalue weighted by atomic mass is 10.1. The first-order chi connectivity index (χ1) is 6.39. The van der Waals surface area contributed by atoms with Gasteiger partial charge in [0, 0.05) is 0 Å². The fourth-order valence-corrected chi connectivity index (χ4v) is 1.43. The molecule has 0 radical (unpaired) electrons. The third-order valence-electron chi connectivity index (χ3n) is 2.82. The summed E-state index contributed by atoms with van der Waals surface area (Å²) in [5.41, 5.74) is -0.856. The maximum Gasteiger partial charge on any atom is 0.141 e. The van der Waals surface area contributed by atoms with Gasteiger partial charge in [-0.2, -0.15) is 0 Å². The van der Waals surface area contributed by atoms with Crippen LogP contribution in [0.1, 0.15) is 34.6 Å². The predicted molar refractivity (Wildman–Crippen MR) is 60.8 cm³/mol. The minimum atomic E-state index is -0.856. The van der Waals surface area contributed by atoms with Gasteiger partial charge in [0.15, 0.2) is 0 Å². The van der Waals surface area contributed by atoms with Crippen LogP contribution in [0.15, 0.2) is 0 Å². The molecule has 1 N–H and O–H groups in total. The van der Waals surface area contributed by atoms with Crippen LogP contribution >= 0.6 is 0 Å². The van der Waals surface area contributed by atoms with Crippen LogP contribution in [0.4, 0.5) is 0 Å². The van der Waals surface area contributed by atoms with Gasteiger partial charge in [-0.05, 0) is 40.5 Å². The van der Waals surface area contributed by atoms with Gasteiger partial charge in [-0.15, -0.1) is 0 Å². The number of nitrogens with zero attached hydrogens (tertiary/aromatic N) is 1. The minimum absolute atomic E-state index is 0.841. The largest absolute Gasteiger partial charge is 0.378 e. The molecule has 0 aliphatic carbocycles. The summed E-state index contributed by atoms with van der Waals surface area (Å²) < 4.78 is 1.02. The normalized spacial score (nSPS) is 12.1. The van der Waals surface area contributed by atoms with E-state index in [0.717, 1.165) is 30.7 Å². The fourth-order valence-electron chi connectivity index (χ4n) is 1.43. The Morgan fingerprint density at radius 3 is 1.79 bits per heavy atom. The molecule has 0 aliphatic heterocycles. The van der Waals surface area contributed by atoms with Gasteiger partial charge in [-0.3, -0.25) is 0 Å². The van der Waals surface area contributed by atoms with Gasteiger partial charge in [0.2, 0.25) is 0 Å². The maximum atomic E-state index is 9.45. The number of rotatable bonds is 4. The van der Waals surface area contributed by atoms with Crippen molar-refractivity contribution in [3.63, 3.8) is 0 Å². The van der Waals surface area contributed by atoms with E-state index in [1.165, 1.54) is 0 Å². The van der Waals surface area contributed by atoms with E-state index in [1.807, 2.05) is 0 Å². The van der Waals surface area contributed by atoms with E-state index in [9.17, 15) is 5.11 Å². The predicted octanol–water partition coefficient (Wildman–Crippen LogP) is 1.64. The topological polar surface area (TPSA) is 20.2 Å².